The maximum atomic E-state index is 13.8. The monoisotopic (exact) mass is 573 g/mol. The summed E-state index contributed by atoms with van der Waals surface area (Å²) in [5.74, 6) is 1.24. The lowest BCUT2D eigenvalue weighted by molar-refractivity contribution is -0.136. The van der Waals surface area contributed by atoms with Gasteiger partial charge in [-0.25, -0.2) is 19.6 Å². The molecule has 7 rings (SSSR count). The van der Waals surface area contributed by atoms with Crippen LogP contribution >= 0.6 is 0 Å². The lowest BCUT2D eigenvalue weighted by Crippen LogP contribution is -2.49. The van der Waals surface area contributed by atoms with E-state index in [1.54, 1.807) is 10.9 Å². The molecule has 0 radical (unpaired) electrons. The molecule has 0 saturated carbocycles. The molecule has 216 valence electrons. The summed E-state index contributed by atoms with van der Waals surface area (Å²) < 4.78 is 3.31. The summed E-state index contributed by atoms with van der Waals surface area (Å²) in [6.07, 6.45) is 3.21. The number of aromatic nitrogens is 6. The molecule has 1 N–H and O–H groups in total. The molecule has 11 heteroatoms. The number of amides is 1. The van der Waals surface area contributed by atoms with Gasteiger partial charge < -0.3 is 10.2 Å². The molecule has 4 aromatic heterocycles. The molecule has 2 aromatic carbocycles. The van der Waals surface area contributed by atoms with Crippen LogP contribution in [0.3, 0.4) is 0 Å². The number of piperazine rings is 1. The van der Waals surface area contributed by atoms with Crippen LogP contribution in [0.1, 0.15) is 19.4 Å². The lowest BCUT2D eigenvalue weighted by Gasteiger charge is -2.35. The van der Waals surface area contributed by atoms with Crippen LogP contribution in [0.15, 0.2) is 83.9 Å². The van der Waals surface area contributed by atoms with Gasteiger partial charge in [-0.3, -0.25) is 14.5 Å². The maximum absolute atomic E-state index is 13.8. The molecule has 0 bridgehead atoms. The summed E-state index contributed by atoms with van der Waals surface area (Å²) in [7, 11) is 0. The van der Waals surface area contributed by atoms with Crippen molar-refractivity contribution in [3.8, 4) is 5.82 Å². The molecule has 5 heterocycles. The van der Waals surface area contributed by atoms with Crippen molar-refractivity contribution in [3.63, 3.8) is 0 Å². The molecule has 11 nitrogen and oxygen atoms in total. The SMILES string of the molecule is CC(C)C(=O)N1CCN(Cc2ccc(Nc3ncc4c(=O)n5c(nc4n3)c3ccccc3n5-c3ccccn3)cc2)CC1. The van der Waals surface area contributed by atoms with Gasteiger partial charge in [0.1, 0.15) is 5.39 Å². The molecule has 1 aliphatic rings. The van der Waals surface area contributed by atoms with Gasteiger partial charge in [0, 0.05) is 62.1 Å². The van der Waals surface area contributed by atoms with Crippen molar-refractivity contribution >= 4 is 45.1 Å². The second-order valence-electron chi connectivity index (χ2n) is 11.1. The third-order valence-corrected chi connectivity index (χ3v) is 7.84. The number of nitrogens with one attached hydrogen (secondary N) is 1. The van der Waals surface area contributed by atoms with Crippen molar-refractivity contribution in [1.29, 1.82) is 0 Å². The van der Waals surface area contributed by atoms with Gasteiger partial charge in [-0.15, -0.1) is 0 Å². The van der Waals surface area contributed by atoms with E-state index < -0.39 is 0 Å². The highest BCUT2D eigenvalue weighted by Crippen LogP contribution is 2.24. The molecular formula is C32H31N9O2. The van der Waals surface area contributed by atoms with Crippen LogP contribution in [-0.4, -0.2) is 71.0 Å². The fraction of sp³-hybridized carbons (Fsp3) is 0.250. The van der Waals surface area contributed by atoms with Crippen molar-refractivity contribution < 1.29 is 4.79 Å². The van der Waals surface area contributed by atoms with Crippen molar-refractivity contribution in [1.82, 2.24) is 38.9 Å². The third kappa shape index (κ3) is 4.97. The largest absolute Gasteiger partial charge is 0.340 e. The molecule has 1 amide bonds. The average molecular weight is 574 g/mol. The molecule has 1 aliphatic heterocycles. The van der Waals surface area contributed by atoms with Crippen LogP contribution in [0.25, 0.3) is 33.4 Å². The highest BCUT2D eigenvalue weighted by Gasteiger charge is 2.23. The van der Waals surface area contributed by atoms with E-state index in [9.17, 15) is 9.59 Å². The van der Waals surface area contributed by atoms with Gasteiger partial charge in [-0.2, -0.15) is 9.50 Å². The number of benzene rings is 2. The molecule has 0 unspecified atom stereocenters. The molecule has 0 aliphatic carbocycles. The first-order chi connectivity index (χ1) is 21.0. The molecule has 0 atom stereocenters. The predicted molar refractivity (Wildman–Crippen MR) is 166 cm³/mol. The molecule has 1 fully saturated rings. The maximum Gasteiger partial charge on any atom is 0.284 e. The van der Waals surface area contributed by atoms with Gasteiger partial charge in [0.05, 0.1) is 5.52 Å². The first-order valence-corrected chi connectivity index (χ1v) is 14.4. The zero-order chi connectivity index (χ0) is 29.5. The number of carbonyl (C=O) groups is 1. The second-order valence-corrected chi connectivity index (χ2v) is 11.1. The van der Waals surface area contributed by atoms with Gasteiger partial charge in [-0.05, 0) is 42.0 Å². The summed E-state index contributed by atoms with van der Waals surface area (Å²) in [5.41, 5.74) is 3.39. The van der Waals surface area contributed by atoms with E-state index in [-0.39, 0.29) is 17.4 Å². The predicted octanol–water partition coefficient (Wildman–Crippen LogP) is 4.02. The minimum absolute atomic E-state index is 0.0373. The van der Waals surface area contributed by atoms with E-state index in [1.165, 1.54) is 16.3 Å². The van der Waals surface area contributed by atoms with Crippen molar-refractivity contribution in [2.75, 3.05) is 31.5 Å². The molecule has 43 heavy (non-hydrogen) atoms. The number of hydrogen-bond donors (Lipinski definition) is 1. The lowest BCUT2D eigenvalue weighted by atomic mass is 10.1. The van der Waals surface area contributed by atoms with Crippen LogP contribution in [0.2, 0.25) is 0 Å². The Bertz CT molecular complexity index is 2010. The van der Waals surface area contributed by atoms with Gasteiger partial charge >= 0.3 is 0 Å². The first kappa shape index (κ1) is 26.7. The third-order valence-electron chi connectivity index (χ3n) is 7.84. The Kier molecular flexibility index (Phi) is 6.78. The Morgan fingerprint density at radius 3 is 2.40 bits per heavy atom. The van der Waals surface area contributed by atoms with E-state index >= 15 is 0 Å². The topological polar surface area (TPSA) is 114 Å². The van der Waals surface area contributed by atoms with E-state index in [1.807, 2.05) is 73.3 Å². The number of carbonyl (C=O) groups excluding carboxylic acids is 1. The van der Waals surface area contributed by atoms with Crippen LogP contribution < -0.4 is 10.9 Å². The van der Waals surface area contributed by atoms with Crippen LogP contribution in [0.5, 0.6) is 0 Å². The summed E-state index contributed by atoms with van der Waals surface area (Å²) in [6.45, 7) is 7.99. The minimum atomic E-state index is -0.271. The summed E-state index contributed by atoms with van der Waals surface area (Å²) in [6, 6.07) is 21.5. The number of rotatable bonds is 6. The quantitative estimate of drug-likeness (QED) is 0.318. The number of anilines is 2. The van der Waals surface area contributed by atoms with E-state index in [4.69, 9.17) is 4.98 Å². The Morgan fingerprint density at radius 2 is 1.65 bits per heavy atom. The molecular weight excluding hydrogens is 542 g/mol. The normalized spacial score (nSPS) is 14.3. The summed E-state index contributed by atoms with van der Waals surface area (Å²) >= 11 is 0. The fourth-order valence-corrected chi connectivity index (χ4v) is 5.62. The number of fused-ring (bicyclic) bond motifs is 4. The van der Waals surface area contributed by atoms with Crippen molar-refractivity contribution in [3.05, 3.63) is 95.0 Å². The highest BCUT2D eigenvalue weighted by molar-refractivity contribution is 5.95. The summed E-state index contributed by atoms with van der Waals surface area (Å²) in [4.78, 5) is 48.7. The van der Waals surface area contributed by atoms with Gasteiger partial charge in [0.25, 0.3) is 5.56 Å². The fourth-order valence-electron chi connectivity index (χ4n) is 5.62. The highest BCUT2D eigenvalue weighted by atomic mass is 16.2. The molecule has 6 aromatic rings. The van der Waals surface area contributed by atoms with E-state index in [0.29, 0.717) is 28.4 Å². The Balaban J connectivity index is 1.13. The zero-order valence-electron chi connectivity index (χ0n) is 24.0. The van der Waals surface area contributed by atoms with Crippen LogP contribution in [-0.2, 0) is 11.3 Å². The van der Waals surface area contributed by atoms with Gasteiger partial charge in [0.15, 0.2) is 17.1 Å². The Morgan fingerprint density at radius 1 is 0.884 bits per heavy atom. The van der Waals surface area contributed by atoms with Gasteiger partial charge in [0.2, 0.25) is 11.9 Å². The van der Waals surface area contributed by atoms with Crippen LogP contribution in [0, 0.1) is 5.92 Å². The zero-order valence-corrected chi connectivity index (χ0v) is 24.0. The smallest absolute Gasteiger partial charge is 0.284 e. The van der Waals surface area contributed by atoms with Gasteiger partial charge in [-0.1, -0.05) is 44.2 Å². The number of nitrogens with zero attached hydrogens (tertiary/aromatic N) is 8. The van der Waals surface area contributed by atoms with Crippen molar-refractivity contribution in [2.45, 2.75) is 20.4 Å². The molecule has 0 spiro atoms. The average Bonchev–Trinajstić information content (AvgIpc) is 3.37. The second kappa shape index (κ2) is 10.9. The van der Waals surface area contributed by atoms with E-state index in [2.05, 4.69) is 37.3 Å². The molecule has 1 saturated heterocycles. The Labute approximate surface area is 247 Å². The van der Waals surface area contributed by atoms with Crippen molar-refractivity contribution in [2.24, 2.45) is 5.92 Å². The minimum Gasteiger partial charge on any atom is -0.340 e. The number of pyridine rings is 1. The first-order valence-electron chi connectivity index (χ1n) is 14.4. The summed E-state index contributed by atoms with van der Waals surface area (Å²) in [5, 5.41) is 4.38. The number of hydrogen-bond acceptors (Lipinski definition) is 8. The van der Waals surface area contributed by atoms with E-state index in [0.717, 1.165) is 49.3 Å². The standard InChI is InChI=1S/C32H31N9O2/c1-21(2)30(42)39-17-15-38(16-18-39)20-22-10-12-23(13-11-22)35-32-34-19-25-28(37-32)36-29-24-7-3-4-8-26(24)40(41(29)31(25)43)27-9-5-6-14-33-27/h3-14,19,21H,15-18,20H2,1-2H3,(H,34,35,37). The Hall–Kier alpha value is -5.16. The number of para-hydroxylation sites is 1. The van der Waals surface area contributed by atoms with Crippen LogP contribution in [0.4, 0.5) is 11.6 Å².